The molecule has 2 aromatic heterocycles. The van der Waals surface area contributed by atoms with Crippen LogP contribution >= 0.6 is 0 Å². The second kappa shape index (κ2) is 7.06. The van der Waals surface area contributed by atoms with Gasteiger partial charge in [0.25, 0.3) is 12.3 Å². The number of hydrogen-bond donors (Lipinski definition) is 4. The van der Waals surface area contributed by atoms with E-state index in [0.717, 1.165) is 12.1 Å². The molecule has 0 radical (unpaired) electrons. The van der Waals surface area contributed by atoms with Gasteiger partial charge in [0.2, 0.25) is 0 Å². The van der Waals surface area contributed by atoms with E-state index in [1.807, 2.05) is 0 Å². The highest BCUT2D eigenvalue weighted by Gasteiger charge is 2.38. The Kier molecular flexibility index (Phi) is 4.83. The van der Waals surface area contributed by atoms with E-state index in [0.29, 0.717) is 12.1 Å². The number of anilines is 4. The summed E-state index contributed by atoms with van der Waals surface area (Å²) in [6, 6.07) is 3.35. The van der Waals surface area contributed by atoms with Crippen LogP contribution in [0.15, 0.2) is 24.4 Å². The molecule has 0 bridgehead atoms. The molecule has 0 spiro atoms. The van der Waals surface area contributed by atoms with E-state index in [9.17, 15) is 18.0 Å². The molecule has 10 heteroatoms. The summed E-state index contributed by atoms with van der Waals surface area (Å²) in [5, 5.41) is 8.15. The SMILES string of the molecule is CNC(=O)c1c(N[C@@H]2C[C@@H]2F)ccnc1Nc1cc(C(F)F)cc(N)n1. The molecular formula is C16H17F3N6O. The molecule has 0 unspecified atom stereocenters. The van der Waals surface area contributed by atoms with Gasteiger partial charge >= 0.3 is 0 Å². The van der Waals surface area contributed by atoms with E-state index >= 15 is 0 Å². The number of nitrogen functional groups attached to an aromatic ring is 1. The molecule has 26 heavy (non-hydrogen) atoms. The first-order valence-electron chi connectivity index (χ1n) is 7.83. The van der Waals surface area contributed by atoms with Crippen molar-refractivity contribution in [1.82, 2.24) is 15.3 Å². The third-order valence-corrected chi connectivity index (χ3v) is 3.82. The normalized spacial score (nSPS) is 18.5. The summed E-state index contributed by atoms with van der Waals surface area (Å²) in [7, 11) is 1.44. The van der Waals surface area contributed by atoms with E-state index in [1.54, 1.807) is 0 Å². The lowest BCUT2D eigenvalue weighted by atomic mass is 10.2. The summed E-state index contributed by atoms with van der Waals surface area (Å²) in [6.07, 6.45) is -1.93. The number of alkyl halides is 3. The third kappa shape index (κ3) is 3.79. The minimum Gasteiger partial charge on any atom is -0.384 e. The molecule has 1 aliphatic rings. The predicted molar refractivity (Wildman–Crippen MR) is 91.4 cm³/mol. The number of pyridine rings is 2. The molecule has 3 rings (SSSR count). The Bertz CT molecular complexity index is 832. The van der Waals surface area contributed by atoms with Gasteiger partial charge in [0.1, 0.15) is 29.2 Å². The second-order valence-corrected chi connectivity index (χ2v) is 5.80. The van der Waals surface area contributed by atoms with Crippen molar-refractivity contribution in [2.24, 2.45) is 0 Å². The van der Waals surface area contributed by atoms with Crippen molar-refractivity contribution < 1.29 is 18.0 Å². The molecule has 1 aliphatic carbocycles. The molecule has 1 fully saturated rings. The van der Waals surface area contributed by atoms with Crippen molar-refractivity contribution in [3.05, 3.63) is 35.5 Å². The minimum absolute atomic E-state index is 0.0184. The van der Waals surface area contributed by atoms with Gasteiger partial charge < -0.3 is 21.7 Å². The molecule has 0 aromatic carbocycles. The second-order valence-electron chi connectivity index (χ2n) is 5.80. The summed E-state index contributed by atoms with van der Waals surface area (Å²) in [5.74, 6) is -0.468. The molecular weight excluding hydrogens is 349 g/mol. The standard InChI is InChI=1S/C16H17F3N6O/c1-21-16(26)13-9(23-10-6-8(10)17)2-3-22-15(13)25-12-5-7(14(18)19)4-11(20)24-12/h2-5,8,10,14H,6H2,1H3,(H,21,26)(H4,20,22,23,24,25)/t8-,10+/m0/s1. The van der Waals surface area contributed by atoms with Crippen LogP contribution in [0.2, 0.25) is 0 Å². The summed E-state index contributed by atoms with van der Waals surface area (Å²) in [6.45, 7) is 0. The lowest BCUT2D eigenvalue weighted by Gasteiger charge is -2.15. The Morgan fingerprint density at radius 3 is 2.73 bits per heavy atom. The number of nitrogens with two attached hydrogens (primary N) is 1. The number of halogens is 3. The van der Waals surface area contributed by atoms with Crippen LogP contribution < -0.4 is 21.7 Å². The van der Waals surface area contributed by atoms with E-state index in [2.05, 4.69) is 25.9 Å². The lowest BCUT2D eigenvalue weighted by molar-refractivity contribution is 0.0964. The quantitative estimate of drug-likeness (QED) is 0.626. The number of nitrogens with zero attached hydrogens (tertiary/aromatic N) is 2. The summed E-state index contributed by atoms with van der Waals surface area (Å²) in [4.78, 5) is 20.3. The average molecular weight is 366 g/mol. The highest BCUT2D eigenvalue weighted by atomic mass is 19.3. The Labute approximate surface area is 147 Å². The number of rotatable bonds is 6. The van der Waals surface area contributed by atoms with Crippen molar-refractivity contribution >= 4 is 29.0 Å². The maximum atomic E-state index is 13.2. The molecule has 1 amide bonds. The van der Waals surface area contributed by atoms with Crippen molar-refractivity contribution in [3.63, 3.8) is 0 Å². The maximum absolute atomic E-state index is 13.2. The van der Waals surface area contributed by atoms with Crippen LogP contribution in [0.5, 0.6) is 0 Å². The smallest absolute Gasteiger partial charge is 0.264 e. The van der Waals surface area contributed by atoms with Gasteiger partial charge in [0.05, 0.1) is 11.7 Å². The summed E-state index contributed by atoms with van der Waals surface area (Å²) in [5.41, 5.74) is 5.75. The van der Waals surface area contributed by atoms with Crippen molar-refractivity contribution in [1.29, 1.82) is 0 Å². The first-order valence-corrected chi connectivity index (χ1v) is 7.83. The first-order chi connectivity index (χ1) is 12.4. The largest absolute Gasteiger partial charge is 0.384 e. The first kappa shape index (κ1) is 17.8. The van der Waals surface area contributed by atoms with Gasteiger partial charge in [-0.05, 0) is 18.2 Å². The summed E-state index contributed by atoms with van der Waals surface area (Å²) < 4.78 is 39.1. The zero-order valence-electron chi connectivity index (χ0n) is 13.8. The zero-order valence-corrected chi connectivity index (χ0v) is 13.8. The van der Waals surface area contributed by atoms with E-state index < -0.39 is 18.5 Å². The van der Waals surface area contributed by atoms with Crippen LogP contribution in [0.4, 0.5) is 36.3 Å². The number of carbonyl (C=O) groups excluding carboxylic acids is 1. The Balaban J connectivity index is 1.96. The number of carbonyl (C=O) groups is 1. The Morgan fingerprint density at radius 2 is 2.12 bits per heavy atom. The lowest BCUT2D eigenvalue weighted by Crippen LogP contribution is -2.22. The van der Waals surface area contributed by atoms with Crippen LogP contribution in [0.25, 0.3) is 0 Å². The predicted octanol–water partition coefficient (Wildman–Crippen LogP) is 2.62. The fourth-order valence-corrected chi connectivity index (χ4v) is 2.43. The van der Waals surface area contributed by atoms with Crippen LogP contribution in [-0.2, 0) is 0 Å². The maximum Gasteiger partial charge on any atom is 0.264 e. The van der Waals surface area contributed by atoms with Crippen molar-refractivity contribution in [2.75, 3.05) is 23.4 Å². The molecule has 0 saturated heterocycles. The summed E-state index contributed by atoms with van der Waals surface area (Å²) >= 11 is 0. The average Bonchev–Trinajstić information content (AvgIpc) is 3.28. The fraction of sp³-hybridized carbons (Fsp3) is 0.312. The number of nitrogens with one attached hydrogen (secondary N) is 3. The number of amides is 1. The third-order valence-electron chi connectivity index (χ3n) is 3.82. The van der Waals surface area contributed by atoms with Crippen LogP contribution in [0.1, 0.15) is 28.8 Å². The van der Waals surface area contributed by atoms with E-state index in [4.69, 9.17) is 5.73 Å². The van der Waals surface area contributed by atoms with Crippen LogP contribution in [-0.4, -0.2) is 35.1 Å². The van der Waals surface area contributed by atoms with Crippen molar-refractivity contribution in [3.8, 4) is 0 Å². The highest BCUT2D eigenvalue weighted by Crippen LogP contribution is 2.33. The Morgan fingerprint density at radius 1 is 1.38 bits per heavy atom. The number of hydrogen-bond acceptors (Lipinski definition) is 6. The van der Waals surface area contributed by atoms with Crippen LogP contribution in [0.3, 0.4) is 0 Å². The molecule has 138 valence electrons. The zero-order chi connectivity index (χ0) is 18.8. The molecule has 2 atom stereocenters. The van der Waals surface area contributed by atoms with E-state index in [1.165, 1.54) is 19.3 Å². The Hall–Kier alpha value is -3.04. The van der Waals surface area contributed by atoms with Gasteiger partial charge in [0, 0.05) is 25.2 Å². The van der Waals surface area contributed by atoms with Gasteiger partial charge in [0.15, 0.2) is 0 Å². The molecule has 7 nitrogen and oxygen atoms in total. The van der Waals surface area contributed by atoms with Gasteiger partial charge in [-0.2, -0.15) is 0 Å². The topological polar surface area (TPSA) is 105 Å². The molecule has 0 aliphatic heterocycles. The molecule has 1 saturated carbocycles. The fourth-order valence-electron chi connectivity index (χ4n) is 2.43. The van der Waals surface area contributed by atoms with Crippen LogP contribution in [0, 0.1) is 0 Å². The van der Waals surface area contributed by atoms with Gasteiger partial charge in [-0.3, -0.25) is 4.79 Å². The minimum atomic E-state index is -2.73. The van der Waals surface area contributed by atoms with Gasteiger partial charge in [-0.25, -0.2) is 23.1 Å². The molecule has 5 N–H and O–H groups in total. The monoisotopic (exact) mass is 366 g/mol. The van der Waals surface area contributed by atoms with E-state index in [-0.39, 0.29) is 34.6 Å². The van der Waals surface area contributed by atoms with Gasteiger partial charge in [-0.15, -0.1) is 0 Å². The number of aromatic nitrogens is 2. The van der Waals surface area contributed by atoms with Crippen molar-refractivity contribution in [2.45, 2.75) is 25.1 Å². The highest BCUT2D eigenvalue weighted by molar-refractivity contribution is 6.04. The molecule has 2 aromatic rings. The van der Waals surface area contributed by atoms with Gasteiger partial charge in [-0.1, -0.05) is 0 Å². The molecule has 2 heterocycles.